The van der Waals surface area contributed by atoms with E-state index in [1.54, 1.807) is 6.20 Å². The number of nitrogens with one attached hydrogen (secondary N) is 1. The first kappa shape index (κ1) is 15.3. The number of thiazole rings is 1. The van der Waals surface area contributed by atoms with Crippen molar-refractivity contribution in [2.75, 3.05) is 18.0 Å². The van der Waals surface area contributed by atoms with Gasteiger partial charge in [0.2, 0.25) is 10.0 Å². The molecule has 2 aromatic rings. The van der Waals surface area contributed by atoms with E-state index in [1.165, 1.54) is 11.3 Å². The zero-order chi connectivity index (χ0) is 15.7. The third-order valence-electron chi connectivity index (χ3n) is 3.39. The van der Waals surface area contributed by atoms with Crippen molar-refractivity contribution in [3.8, 4) is 0 Å². The Bertz CT molecular complexity index is 745. The predicted octanol–water partition coefficient (Wildman–Crippen LogP) is 1.98. The summed E-state index contributed by atoms with van der Waals surface area (Å²) in [6, 6.07) is 2.57. The quantitative estimate of drug-likeness (QED) is 0.920. The molecule has 1 aromatic heterocycles. The summed E-state index contributed by atoms with van der Waals surface area (Å²) in [4.78, 5) is 5.17. The number of nitrogens with zero attached hydrogens (tertiary/aromatic N) is 2. The summed E-state index contributed by atoms with van der Waals surface area (Å²) in [5.41, 5.74) is 0. The lowest BCUT2D eigenvalue weighted by Crippen LogP contribution is -2.37. The average molecular weight is 345 g/mol. The molecule has 0 aliphatic carbocycles. The first-order chi connectivity index (χ1) is 10.5. The maximum atomic E-state index is 13.6. The molecule has 0 saturated carbocycles. The second-order valence-electron chi connectivity index (χ2n) is 4.92. The Morgan fingerprint density at radius 3 is 2.68 bits per heavy atom. The maximum absolute atomic E-state index is 13.6. The molecule has 22 heavy (non-hydrogen) atoms. The highest BCUT2D eigenvalue weighted by molar-refractivity contribution is 7.89. The van der Waals surface area contributed by atoms with E-state index in [1.807, 2.05) is 10.3 Å². The van der Waals surface area contributed by atoms with Crippen molar-refractivity contribution in [3.05, 3.63) is 41.4 Å². The first-order valence-corrected chi connectivity index (χ1v) is 8.94. The molecule has 118 valence electrons. The molecule has 3 rings (SSSR count). The van der Waals surface area contributed by atoms with Gasteiger partial charge in [0.15, 0.2) is 10.0 Å². The fraction of sp³-hybridized carbons (Fsp3) is 0.308. The number of benzene rings is 1. The Labute approximate surface area is 130 Å². The van der Waals surface area contributed by atoms with Gasteiger partial charge in [-0.25, -0.2) is 26.9 Å². The zero-order valence-corrected chi connectivity index (χ0v) is 13.0. The van der Waals surface area contributed by atoms with E-state index in [0.29, 0.717) is 19.5 Å². The molecular weight excluding hydrogens is 332 g/mol. The van der Waals surface area contributed by atoms with E-state index in [4.69, 9.17) is 0 Å². The highest BCUT2D eigenvalue weighted by Crippen LogP contribution is 2.24. The predicted molar refractivity (Wildman–Crippen MR) is 79.4 cm³/mol. The molecule has 1 saturated heterocycles. The molecule has 1 aliphatic heterocycles. The highest BCUT2D eigenvalue weighted by Gasteiger charge is 2.31. The lowest BCUT2D eigenvalue weighted by molar-refractivity contribution is 0.507. The molecule has 0 bridgehead atoms. The van der Waals surface area contributed by atoms with Gasteiger partial charge in [0.25, 0.3) is 0 Å². The molecule has 5 nitrogen and oxygen atoms in total. The number of sulfonamides is 1. The Morgan fingerprint density at radius 2 is 2.05 bits per heavy atom. The normalized spacial score (nSPS) is 18.8. The zero-order valence-electron chi connectivity index (χ0n) is 11.4. The standard InChI is InChI=1S/C13H13F2N3O2S2/c14-10-2-1-3-11(15)12(10)22(19,20)17-9-4-6-18(8-9)13-16-5-7-21-13/h1-3,5,7,9,17H,4,6,8H2/t9-/m0/s1. The molecule has 0 spiro atoms. The Kier molecular flexibility index (Phi) is 4.11. The molecule has 1 fully saturated rings. The monoisotopic (exact) mass is 345 g/mol. The topological polar surface area (TPSA) is 62.3 Å². The van der Waals surface area contributed by atoms with Crippen molar-refractivity contribution in [2.45, 2.75) is 17.4 Å². The summed E-state index contributed by atoms with van der Waals surface area (Å²) in [6.07, 6.45) is 2.22. The van der Waals surface area contributed by atoms with E-state index in [2.05, 4.69) is 9.71 Å². The van der Waals surface area contributed by atoms with Gasteiger partial charge < -0.3 is 4.90 Å². The van der Waals surface area contributed by atoms with Crippen LogP contribution in [0.1, 0.15) is 6.42 Å². The molecule has 2 heterocycles. The van der Waals surface area contributed by atoms with Crippen LogP contribution in [-0.4, -0.2) is 32.5 Å². The summed E-state index contributed by atoms with van der Waals surface area (Å²) in [6.45, 7) is 1.06. The van der Waals surface area contributed by atoms with E-state index in [0.717, 1.165) is 23.3 Å². The van der Waals surface area contributed by atoms with Crippen LogP contribution < -0.4 is 9.62 Å². The van der Waals surface area contributed by atoms with Crippen LogP contribution in [0.15, 0.2) is 34.7 Å². The van der Waals surface area contributed by atoms with Crippen LogP contribution in [0.3, 0.4) is 0 Å². The van der Waals surface area contributed by atoms with Crippen molar-refractivity contribution >= 4 is 26.5 Å². The molecule has 1 aliphatic rings. The minimum atomic E-state index is -4.24. The summed E-state index contributed by atoms with van der Waals surface area (Å²) in [5.74, 6) is -2.19. The number of rotatable bonds is 4. The van der Waals surface area contributed by atoms with Crippen molar-refractivity contribution in [1.29, 1.82) is 0 Å². The van der Waals surface area contributed by atoms with Crippen LogP contribution in [-0.2, 0) is 10.0 Å². The molecule has 9 heteroatoms. The molecule has 1 atom stereocenters. The first-order valence-electron chi connectivity index (χ1n) is 6.58. The van der Waals surface area contributed by atoms with Crippen LogP contribution >= 0.6 is 11.3 Å². The SMILES string of the molecule is O=S(=O)(N[C@H]1CCN(c2nccs2)C1)c1c(F)cccc1F. The molecule has 0 unspecified atom stereocenters. The molecular formula is C13H13F2N3O2S2. The van der Waals surface area contributed by atoms with Gasteiger partial charge in [0, 0.05) is 30.7 Å². The summed E-state index contributed by atoms with van der Waals surface area (Å²) >= 11 is 1.46. The summed E-state index contributed by atoms with van der Waals surface area (Å²) < 4.78 is 54.1. The Morgan fingerprint density at radius 1 is 1.32 bits per heavy atom. The lowest BCUT2D eigenvalue weighted by atomic mass is 10.3. The van der Waals surface area contributed by atoms with Crippen LogP contribution in [0.25, 0.3) is 0 Å². The molecule has 1 aromatic carbocycles. The summed E-state index contributed by atoms with van der Waals surface area (Å²) in [7, 11) is -4.24. The van der Waals surface area contributed by atoms with Crippen molar-refractivity contribution in [3.63, 3.8) is 0 Å². The van der Waals surface area contributed by atoms with Gasteiger partial charge in [-0.2, -0.15) is 0 Å². The van der Waals surface area contributed by atoms with Crippen LogP contribution in [0.4, 0.5) is 13.9 Å². The summed E-state index contributed by atoms with van der Waals surface area (Å²) in [5, 5.41) is 2.64. The number of halogens is 2. The van der Waals surface area contributed by atoms with Crippen LogP contribution in [0.2, 0.25) is 0 Å². The van der Waals surface area contributed by atoms with Crippen molar-refractivity contribution in [1.82, 2.24) is 9.71 Å². The van der Waals surface area contributed by atoms with Gasteiger partial charge in [-0.3, -0.25) is 0 Å². The van der Waals surface area contributed by atoms with E-state index < -0.39 is 32.6 Å². The van der Waals surface area contributed by atoms with Gasteiger partial charge in [-0.15, -0.1) is 11.3 Å². The minimum absolute atomic E-state index is 0.409. The Balaban J connectivity index is 1.76. The minimum Gasteiger partial charge on any atom is -0.346 e. The van der Waals surface area contributed by atoms with Crippen LogP contribution in [0.5, 0.6) is 0 Å². The fourth-order valence-corrected chi connectivity index (χ4v) is 4.50. The third kappa shape index (κ3) is 2.96. The van der Waals surface area contributed by atoms with Gasteiger partial charge >= 0.3 is 0 Å². The smallest absolute Gasteiger partial charge is 0.246 e. The lowest BCUT2D eigenvalue weighted by Gasteiger charge is -2.16. The molecule has 1 N–H and O–H groups in total. The fourth-order valence-electron chi connectivity index (χ4n) is 2.42. The number of aromatic nitrogens is 1. The molecule has 0 radical (unpaired) electrons. The van der Waals surface area contributed by atoms with Gasteiger partial charge in [-0.05, 0) is 18.6 Å². The maximum Gasteiger partial charge on any atom is 0.246 e. The average Bonchev–Trinajstić information content (AvgIpc) is 3.07. The van der Waals surface area contributed by atoms with Crippen molar-refractivity contribution in [2.24, 2.45) is 0 Å². The van der Waals surface area contributed by atoms with Gasteiger partial charge in [0.05, 0.1) is 0 Å². The highest BCUT2D eigenvalue weighted by atomic mass is 32.2. The molecule has 0 amide bonds. The second-order valence-corrected chi connectivity index (χ2v) is 7.44. The number of hydrogen-bond donors (Lipinski definition) is 1. The Hall–Kier alpha value is -1.58. The van der Waals surface area contributed by atoms with Gasteiger partial charge in [0.1, 0.15) is 11.6 Å². The van der Waals surface area contributed by atoms with Crippen molar-refractivity contribution < 1.29 is 17.2 Å². The van der Waals surface area contributed by atoms with Gasteiger partial charge in [-0.1, -0.05) is 6.07 Å². The van der Waals surface area contributed by atoms with Crippen LogP contribution in [0, 0.1) is 11.6 Å². The second kappa shape index (κ2) is 5.90. The van der Waals surface area contributed by atoms with E-state index >= 15 is 0 Å². The van der Waals surface area contributed by atoms with E-state index in [-0.39, 0.29) is 0 Å². The largest absolute Gasteiger partial charge is 0.346 e. The van der Waals surface area contributed by atoms with E-state index in [9.17, 15) is 17.2 Å². The third-order valence-corrected chi connectivity index (χ3v) is 5.79. The number of anilines is 1. The number of hydrogen-bond acceptors (Lipinski definition) is 5.